The molecule has 1 aromatic heterocycles. The molecule has 2 atom stereocenters. The van der Waals surface area contributed by atoms with Gasteiger partial charge in [0, 0.05) is 28.1 Å². The van der Waals surface area contributed by atoms with Crippen molar-refractivity contribution in [1.29, 1.82) is 0 Å². The number of carbonyl (C=O) groups is 1. The van der Waals surface area contributed by atoms with Gasteiger partial charge in [0.05, 0.1) is 30.0 Å². The summed E-state index contributed by atoms with van der Waals surface area (Å²) in [6.45, 7) is 5.53. The number of anilines is 1. The van der Waals surface area contributed by atoms with E-state index in [1.54, 1.807) is 0 Å². The lowest BCUT2D eigenvalue weighted by atomic mass is 10.1. The first-order valence-corrected chi connectivity index (χ1v) is 7.96. The Morgan fingerprint density at radius 3 is 2.68 bits per heavy atom. The third-order valence-electron chi connectivity index (χ3n) is 3.99. The largest absolute Gasteiger partial charge is 0.478 e. The summed E-state index contributed by atoms with van der Waals surface area (Å²) < 4.78 is 6.48. The van der Waals surface area contributed by atoms with Crippen molar-refractivity contribution >= 4 is 38.5 Å². The standard InChI is InChI=1S/C16H17BrN2O3/c1-9-7-22-8-10(2)19(9)15-5-12-11(16(20)21)3-4-18-14(12)6-13(15)17/h3-6,9-10H,7-8H2,1-2H3,(H,20,21)/t9-,10+. The molecule has 0 unspecified atom stereocenters. The normalized spacial score (nSPS) is 22.0. The molecule has 0 bridgehead atoms. The van der Waals surface area contributed by atoms with Crippen LogP contribution < -0.4 is 4.90 Å². The van der Waals surface area contributed by atoms with Crippen LogP contribution in [0.5, 0.6) is 0 Å². The molecule has 2 heterocycles. The topological polar surface area (TPSA) is 62.7 Å². The smallest absolute Gasteiger partial charge is 0.336 e. The van der Waals surface area contributed by atoms with E-state index in [0.717, 1.165) is 10.2 Å². The fraction of sp³-hybridized carbons (Fsp3) is 0.375. The number of benzene rings is 1. The molecule has 1 N–H and O–H groups in total. The van der Waals surface area contributed by atoms with E-state index in [1.807, 2.05) is 12.1 Å². The van der Waals surface area contributed by atoms with E-state index in [2.05, 4.69) is 39.7 Å². The van der Waals surface area contributed by atoms with Crippen molar-refractivity contribution in [3.8, 4) is 0 Å². The number of pyridine rings is 1. The Kier molecular flexibility index (Phi) is 4.06. The third kappa shape index (κ3) is 2.57. The Bertz CT molecular complexity index is 725. The van der Waals surface area contributed by atoms with Crippen LogP contribution in [0.25, 0.3) is 10.9 Å². The van der Waals surface area contributed by atoms with E-state index in [-0.39, 0.29) is 17.6 Å². The SMILES string of the molecule is C[C@@H]1COC[C@H](C)N1c1cc2c(C(=O)O)ccnc2cc1Br. The van der Waals surface area contributed by atoms with E-state index in [1.165, 1.54) is 12.3 Å². The lowest BCUT2D eigenvalue weighted by Gasteiger charge is -2.41. The summed E-state index contributed by atoms with van der Waals surface area (Å²) in [6.07, 6.45) is 1.53. The highest BCUT2D eigenvalue weighted by Gasteiger charge is 2.27. The molecule has 2 aromatic rings. The van der Waals surface area contributed by atoms with Crippen molar-refractivity contribution in [2.24, 2.45) is 0 Å². The van der Waals surface area contributed by atoms with Gasteiger partial charge in [-0.1, -0.05) is 0 Å². The number of halogens is 1. The molecular formula is C16H17BrN2O3. The second kappa shape index (κ2) is 5.85. The van der Waals surface area contributed by atoms with Crippen molar-refractivity contribution in [3.05, 3.63) is 34.4 Å². The zero-order valence-corrected chi connectivity index (χ0v) is 14.0. The average molecular weight is 365 g/mol. The summed E-state index contributed by atoms with van der Waals surface area (Å²) in [7, 11) is 0. The molecule has 1 aliphatic heterocycles. The van der Waals surface area contributed by atoms with Gasteiger partial charge in [0.15, 0.2) is 0 Å². The van der Waals surface area contributed by atoms with Gasteiger partial charge in [-0.05, 0) is 48.0 Å². The van der Waals surface area contributed by atoms with Gasteiger partial charge >= 0.3 is 5.97 Å². The van der Waals surface area contributed by atoms with Crippen LogP contribution in [-0.4, -0.2) is 41.4 Å². The monoisotopic (exact) mass is 364 g/mol. The molecule has 1 aromatic carbocycles. The van der Waals surface area contributed by atoms with Crippen LogP contribution in [0, 0.1) is 0 Å². The summed E-state index contributed by atoms with van der Waals surface area (Å²) >= 11 is 3.60. The Morgan fingerprint density at radius 1 is 1.36 bits per heavy atom. The Hall–Kier alpha value is -1.66. The number of rotatable bonds is 2. The molecule has 0 spiro atoms. The highest BCUT2D eigenvalue weighted by atomic mass is 79.9. The summed E-state index contributed by atoms with van der Waals surface area (Å²) in [5.41, 5.74) is 1.92. The summed E-state index contributed by atoms with van der Waals surface area (Å²) in [4.78, 5) is 18.0. The van der Waals surface area contributed by atoms with Gasteiger partial charge in [-0.25, -0.2) is 4.79 Å². The predicted molar refractivity (Wildman–Crippen MR) is 88.6 cm³/mol. The third-order valence-corrected chi connectivity index (χ3v) is 4.62. The number of aromatic nitrogens is 1. The minimum Gasteiger partial charge on any atom is -0.478 e. The van der Waals surface area contributed by atoms with Crippen molar-refractivity contribution in [2.45, 2.75) is 25.9 Å². The molecule has 1 saturated heterocycles. The van der Waals surface area contributed by atoms with Crippen LogP contribution in [0.15, 0.2) is 28.9 Å². The van der Waals surface area contributed by atoms with Gasteiger partial charge in [0.2, 0.25) is 0 Å². The van der Waals surface area contributed by atoms with Crippen molar-refractivity contribution in [1.82, 2.24) is 4.98 Å². The molecule has 0 radical (unpaired) electrons. The average Bonchev–Trinajstić information content (AvgIpc) is 2.46. The van der Waals surface area contributed by atoms with Crippen LogP contribution in [0.1, 0.15) is 24.2 Å². The number of hydrogen-bond donors (Lipinski definition) is 1. The quantitative estimate of drug-likeness (QED) is 0.885. The Labute approximate surface area is 137 Å². The van der Waals surface area contributed by atoms with Gasteiger partial charge in [0.25, 0.3) is 0 Å². The predicted octanol–water partition coefficient (Wildman–Crippen LogP) is 3.31. The van der Waals surface area contributed by atoms with Gasteiger partial charge in [-0.2, -0.15) is 0 Å². The van der Waals surface area contributed by atoms with Crippen LogP contribution in [0.4, 0.5) is 5.69 Å². The van der Waals surface area contributed by atoms with E-state index >= 15 is 0 Å². The van der Waals surface area contributed by atoms with Gasteiger partial charge in [-0.3, -0.25) is 4.98 Å². The molecule has 1 fully saturated rings. The first-order chi connectivity index (χ1) is 10.5. The van der Waals surface area contributed by atoms with E-state index in [9.17, 15) is 9.90 Å². The fourth-order valence-electron chi connectivity index (χ4n) is 3.02. The van der Waals surface area contributed by atoms with Crippen LogP contribution in [-0.2, 0) is 4.74 Å². The molecule has 5 nitrogen and oxygen atoms in total. The molecule has 0 aliphatic carbocycles. The number of hydrogen-bond acceptors (Lipinski definition) is 4. The van der Waals surface area contributed by atoms with Crippen LogP contribution in [0.3, 0.4) is 0 Å². The maximum absolute atomic E-state index is 11.4. The van der Waals surface area contributed by atoms with E-state index < -0.39 is 5.97 Å². The molecule has 0 amide bonds. The highest BCUT2D eigenvalue weighted by Crippen LogP contribution is 2.35. The molecule has 116 valence electrons. The number of nitrogens with zero attached hydrogens (tertiary/aromatic N) is 2. The summed E-state index contributed by atoms with van der Waals surface area (Å²) in [5.74, 6) is -0.941. The number of carboxylic acid groups (broad SMARTS) is 1. The first kappa shape index (κ1) is 15.2. The van der Waals surface area contributed by atoms with Crippen molar-refractivity contribution < 1.29 is 14.6 Å². The lowest BCUT2D eigenvalue weighted by molar-refractivity contribution is 0.0699. The highest BCUT2D eigenvalue weighted by molar-refractivity contribution is 9.10. The zero-order chi connectivity index (χ0) is 15.9. The molecular weight excluding hydrogens is 348 g/mol. The number of aromatic carboxylic acids is 1. The minimum atomic E-state index is -0.941. The van der Waals surface area contributed by atoms with Gasteiger partial charge < -0.3 is 14.7 Å². The molecule has 6 heteroatoms. The van der Waals surface area contributed by atoms with Crippen LogP contribution in [0.2, 0.25) is 0 Å². The summed E-state index contributed by atoms with van der Waals surface area (Å²) in [6, 6.07) is 5.78. The molecule has 1 aliphatic rings. The maximum atomic E-state index is 11.4. The molecule has 22 heavy (non-hydrogen) atoms. The second-order valence-electron chi connectivity index (χ2n) is 5.63. The van der Waals surface area contributed by atoms with E-state index in [4.69, 9.17) is 4.74 Å². The number of carboxylic acids is 1. The first-order valence-electron chi connectivity index (χ1n) is 7.16. The lowest BCUT2D eigenvalue weighted by Crippen LogP contribution is -2.49. The Balaban J connectivity index is 2.19. The fourth-order valence-corrected chi connectivity index (χ4v) is 3.56. The van der Waals surface area contributed by atoms with Crippen molar-refractivity contribution in [3.63, 3.8) is 0 Å². The Morgan fingerprint density at radius 2 is 2.05 bits per heavy atom. The number of morpholine rings is 1. The minimum absolute atomic E-state index is 0.224. The second-order valence-corrected chi connectivity index (χ2v) is 6.48. The molecule has 3 rings (SSSR count). The van der Waals surface area contributed by atoms with Crippen molar-refractivity contribution in [2.75, 3.05) is 18.1 Å². The van der Waals surface area contributed by atoms with Gasteiger partial charge in [-0.15, -0.1) is 0 Å². The molecule has 0 saturated carbocycles. The summed E-state index contributed by atoms with van der Waals surface area (Å²) in [5, 5.41) is 10.0. The van der Waals surface area contributed by atoms with E-state index in [0.29, 0.717) is 24.1 Å². The van der Waals surface area contributed by atoms with Gasteiger partial charge in [0.1, 0.15) is 0 Å². The zero-order valence-electron chi connectivity index (χ0n) is 12.4. The number of fused-ring (bicyclic) bond motifs is 1. The number of ether oxygens (including phenoxy) is 1. The maximum Gasteiger partial charge on any atom is 0.336 e. The van der Waals surface area contributed by atoms with Crippen LogP contribution >= 0.6 is 15.9 Å².